The van der Waals surface area contributed by atoms with Crippen LogP contribution in [0.4, 0.5) is 11.4 Å². The highest BCUT2D eigenvalue weighted by molar-refractivity contribution is 6.38. The molecule has 2 amide bonds. The van der Waals surface area contributed by atoms with Crippen molar-refractivity contribution < 1.29 is 19.1 Å². The maximum Gasteiger partial charge on any atom is 0.260 e. The second kappa shape index (κ2) is 7.75. The number of fused-ring (bicyclic) bond motifs is 2. The number of carbonyl (C=O) groups excluding carboxylic acids is 2. The second-order valence-electron chi connectivity index (χ2n) is 7.45. The first-order chi connectivity index (χ1) is 14.6. The summed E-state index contributed by atoms with van der Waals surface area (Å²) in [4.78, 5) is 27.2. The highest BCUT2D eigenvalue weighted by Crippen LogP contribution is 2.42. The van der Waals surface area contributed by atoms with E-state index in [4.69, 9.17) is 21.1 Å². The molecule has 2 N–H and O–H groups in total. The molecule has 2 aromatic rings. The lowest BCUT2D eigenvalue weighted by molar-refractivity contribution is -0.118. The number of benzene rings is 2. The smallest absolute Gasteiger partial charge is 0.260 e. The van der Waals surface area contributed by atoms with Crippen LogP contribution in [0.25, 0.3) is 11.3 Å². The third-order valence-electron chi connectivity index (χ3n) is 5.43. The van der Waals surface area contributed by atoms with Crippen molar-refractivity contribution in [3.63, 3.8) is 0 Å². The Morgan fingerprint density at radius 2 is 1.97 bits per heavy atom. The standard InChI is InChI=1S/C22H20ClN3O4/c23-14-2-4-18-17(9-14)20(22(28)25-18)21-16-10-15(3-1-13(16)12-30-21)24-19(27)11-26-5-7-29-8-6-26/h1-4,9-10H,5-8,11-12H2,(H,24,27)(H,25,28)/b21-20-. The third kappa shape index (κ3) is 3.56. The first-order valence-corrected chi connectivity index (χ1v) is 10.2. The molecule has 1 fully saturated rings. The summed E-state index contributed by atoms with van der Waals surface area (Å²) in [6, 6.07) is 10.9. The molecule has 3 aliphatic rings. The predicted octanol–water partition coefficient (Wildman–Crippen LogP) is 2.96. The number of hydrogen-bond acceptors (Lipinski definition) is 5. The number of hydrogen-bond donors (Lipinski definition) is 2. The fraction of sp³-hybridized carbons (Fsp3) is 0.273. The van der Waals surface area contributed by atoms with E-state index in [0.29, 0.717) is 54.1 Å². The van der Waals surface area contributed by atoms with Gasteiger partial charge in [0, 0.05) is 46.2 Å². The van der Waals surface area contributed by atoms with E-state index in [-0.39, 0.29) is 11.8 Å². The van der Waals surface area contributed by atoms with Gasteiger partial charge in [-0.2, -0.15) is 0 Å². The monoisotopic (exact) mass is 425 g/mol. The molecule has 8 heteroatoms. The molecule has 3 heterocycles. The Labute approximate surface area is 178 Å². The van der Waals surface area contributed by atoms with Gasteiger partial charge in [-0.15, -0.1) is 0 Å². The number of anilines is 2. The van der Waals surface area contributed by atoms with Crippen molar-refractivity contribution in [3.05, 3.63) is 58.1 Å². The quantitative estimate of drug-likeness (QED) is 0.739. The summed E-state index contributed by atoms with van der Waals surface area (Å²) in [6.07, 6.45) is 0. The molecule has 30 heavy (non-hydrogen) atoms. The van der Waals surface area contributed by atoms with E-state index < -0.39 is 0 Å². The number of amides is 2. The molecular weight excluding hydrogens is 406 g/mol. The fourth-order valence-electron chi connectivity index (χ4n) is 3.95. The summed E-state index contributed by atoms with van der Waals surface area (Å²) in [6.45, 7) is 3.48. The summed E-state index contributed by atoms with van der Waals surface area (Å²) < 4.78 is 11.2. The Morgan fingerprint density at radius 3 is 2.80 bits per heavy atom. The number of halogens is 1. The highest BCUT2D eigenvalue weighted by atomic mass is 35.5. The number of nitrogens with zero attached hydrogens (tertiary/aromatic N) is 1. The van der Waals surface area contributed by atoms with E-state index in [1.165, 1.54) is 0 Å². The van der Waals surface area contributed by atoms with Crippen molar-refractivity contribution in [2.24, 2.45) is 0 Å². The van der Waals surface area contributed by atoms with Gasteiger partial charge in [-0.3, -0.25) is 14.5 Å². The highest BCUT2D eigenvalue weighted by Gasteiger charge is 2.32. The zero-order valence-corrected chi connectivity index (χ0v) is 16.9. The van der Waals surface area contributed by atoms with Gasteiger partial charge in [-0.25, -0.2) is 0 Å². The van der Waals surface area contributed by atoms with Crippen LogP contribution in [0.15, 0.2) is 36.4 Å². The largest absolute Gasteiger partial charge is 0.487 e. The normalized spacial score (nSPS) is 20.4. The zero-order chi connectivity index (χ0) is 20.7. The van der Waals surface area contributed by atoms with Crippen molar-refractivity contribution in [3.8, 4) is 0 Å². The van der Waals surface area contributed by atoms with Crippen molar-refractivity contribution in [1.29, 1.82) is 0 Å². The minimum Gasteiger partial charge on any atom is -0.487 e. The Hall–Kier alpha value is -2.87. The van der Waals surface area contributed by atoms with E-state index in [1.807, 2.05) is 18.2 Å². The molecule has 0 unspecified atom stereocenters. The van der Waals surface area contributed by atoms with Gasteiger partial charge in [0.15, 0.2) is 0 Å². The van der Waals surface area contributed by atoms with Gasteiger partial charge in [-0.1, -0.05) is 17.7 Å². The Kier molecular flexibility index (Phi) is 4.94. The predicted molar refractivity (Wildman–Crippen MR) is 114 cm³/mol. The molecule has 7 nitrogen and oxygen atoms in total. The topological polar surface area (TPSA) is 79.9 Å². The molecule has 0 atom stereocenters. The van der Waals surface area contributed by atoms with Gasteiger partial charge in [-0.05, 0) is 30.3 Å². The van der Waals surface area contributed by atoms with Gasteiger partial charge < -0.3 is 20.1 Å². The number of morpholine rings is 1. The van der Waals surface area contributed by atoms with Gasteiger partial charge in [0.2, 0.25) is 5.91 Å². The first-order valence-electron chi connectivity index (χ1n) is 9.80. The van der Waals surface area contributed by atoms with Crippen LogP contribution >= 0.6 is 11.6 Å². The van der Waals surface area contributed by atoms with Crippen molar-refractivity contribution >= 4 is 46.1 Å². The van der Waals surface area contributed by atoms with Crippen LogP contribution in [0.3, 0.4) is 0 Å². The molecule has 154 valence electrons. The van der Waals surface area contributed by atoms with E-state index in [9.17, 15) is 9.59 Å². The fourth-order valence-corrected chi connectivity index (χ4v) is 4.13. The minimum atomic E-state index is -0.225. The van der Waals surface area contributed by atoms with Crippen LogP contribution in [0, 0.1) is 0 Å². The molecule has 0 spiro atoms. The average Bonchev–Trinajstić information content (AvgIpc) is 3.27. The first kappa shape index (κ1) is 19.1. The number of ether oxygens (including phenoxy) is 2. The number of carbonyl (C=O) groups is 2. The van der Waals surface area contributed by atoms with Gasteiger partial charge in [0.05, 0.1) is 25.3 Å². The Bertz CT molecular complexity index is 1080. The van der Waals surface area contributed by atoms with Gasteiger partial charge >= 0.3 is 0 Å². The molecule has 0 radical (unpaired) electrons. The minimum absolute atomic E-state index is 0.0827. The summed E-state index contributed by atoms with van der Waals surface area (Å²) >= 11 is 6.14. The van der Waals surface area contributed by atoms with Crippen molar-refractivity contribution in [1.82, 2.24) is 4.90 Å². The molecule has 1 saturated heterocycles. The average molecular weight is 426 g/mol. The Morgan fingerprint density at radius 1 is 1.13 bits per heavy atom. The molecule has 0 saturated carbocycles. The maximum atomic E-state index is 12.6. The van der Waals surface area contributed by atoms with Crippen molar-refractivity contribution in [2.75, 3.05) is 43.5 Å². The van der Waals surface area contributed by atoms with E-state index >= 15 is 0 Å². The maximum absolute atomic E-state index is 12.6. The van der Waals surface area contributed by atoms with E-state index in [0.717, 1.165) is 29.8 Å². The summed E-state index contributed by atoms with van der Waals surface area (Å²) in [7, 11) is 0. The van der Waals surface area contributed by atoms with Crippen LogP contribution in [-0.2, 0) is 25.7 Å². The molecular formula is C22H20ClN3O4. The lowest BCUT2D eigenvalue weighted by Gasteiger charge is -2.25. The number of nitrogens with one attached hydrogen (secondary N) is 2. The molecule has 3 aliphatic heterocycles. The molecule has 5 rings (SSSR count). The van der Waals surface area contributed by atoms with Crippen LogP contribution < -0.4 is 10.6 Å². The Balaban J connectivity index is 1.43. The van der Waals surface area contributed by atoms with Gasteiger partial charge in [0.25, 0.3) is 5.91 Å². The van der Waals surface area contributed by atoms with Crippen LogP contribution in [0.2, 0.25) is 5.02 Å². The second-order valence-corrected chi connectivity index (χ2v) is 7.88. The summed E-state index contributed by atoms with van der Waals surface area (Å²) in [5.41, 5.74) is 4.32. The van der Waals surface area contributed by atoms with Crippen molar-refractivity contribution in [2.45, 2.75) is 6.61 Å². The summed E-state index contributed by atoms with van der Waals surface area (Å²) in [5, 5.41) is 6.35. The van der Waals surface area contributed by atoms with E-state index in [2.05, 4.69) is 15.5 Å². The number of rotatable bonds is 3. The molecule has 0 bridgehead atoms. The van der Waals surface area contributed by atoms with Crippen LogP contribution in [-0.4, -0.2) is 49.6 Å². The summed E-state index contributed by atoms with van der Waals surface area (Å²) in [5.74, 6) is 0.199. The lowest BCUT2D eigenvalue weighted by atomic mass is 10.00. The van der Waals surface area contributed by atoms with Gasteiger partial charge in [0.1, 0.15) is 12.4 Å². The lowest BCUT2D eigenvalue weighted by Crippen LogP contribution is -2.41. The van der Waals surface area contributed by atoms with Crippen LogP contribution in [0.5, 0.6) is 0 Å². The zero-order valence-electron chi connectivity index (χ0n) is 16.2. The van der Waals surface area contributed by atoms with Crippen LogP contribution in [0.1, 0.15) is 16.7 Å². The van der Waals surface area contributed by atoms with E-state index in [1.54, 1.807) is 18.2 Å². The molecule has 2 aromatic carbocycles. The SMILES string of the molecule is O=C(CN1CCOCC1)Nc1ccc2c(c1)/C(=C1/C(=O)Nc3ccc(Cl)cc31)OC2. The molecule has 0 aromatic heterocycles. The molecule has 0 aliphatic carbocycles. The third-order valence-corrected chi connectivity index (χ3v) is 5.67.